The zero-order valence-corrected chi connectivity index (χ0v) is 12.9. The molecule has 0 spiro atoms. The number of aryl methyl sites for hydroxylation is 1. The number of hydrogen-bond acceptors (Lipinski definition) is 3. The highest BCUT2D eigenvalue weighted by molar-refractivity contribution is 6.20. The number of fused-ring (bicyclic) bond motifs is 1. The molecule has 2 aromatic heterocycles. The number of imidazole rings is 1. The van der Waals surface area contributed by atoms with E-state index < -0.39 is 0 Å². The fraction of sp³-hybridized carbons (Fsp3) is 0.600. The minimum Gasteiger partial charge on any atom is -0.378 e. The van der Waals surface area contributed by atoms with E-state index in [4.69, 9.17) is 16.3 Å². The molecule has 2 aromatic rings. The summed E-state index contributed by atoms with van der Waals surface area (Å²) in [7, 11) is 0. The summed E-state index contributed by atoms with van der Waals surface area (Å²) in [6.45, 7) is 6.78. The molecule has 1 unspecified atom stereocenters. The van der Waals surface area contributed by atoms with Crippen LogP contribution in [0.15, 0.2) is 12.1 Å². The van der Waals surface area contributed by atoms with Crippen molar-refractivity contribution >= 4 is 22.8 Å². The molecule has 0 aromatic carbocycles. The molecule has 5 heteroatoms. The smallest absolute Gasteiger partial charge is 0.160 e. The highest BCUT2D eigenvalue weighted by Gasteiger charge is 2.34. The van der Waals surface area contributed by atoms with Gasteiger partial charge in [0.15, 0.2) is 5.65 Å². The van der Waals surface area contributed by atoms with Crippen molar-refractivity contribution in [2.75, 3.05) is 6.61 Å². The summed E-state index contributed by atoms with van der Waals surface area (Å²) in [5.41, 5.74) is 2.89. The van der Waals surface area contributed by atoms with Crippen molar-refractivity contribution in [1.29, 1.82) is 0 Å². The average Bonchev–Trinajstić information content (AvgIpc) is 2.72. The number of alkyl halides is 1. The maximum atomic E-state index is 6.30. The van der Waals surface area contributed by atoms with E-state index in [1.54, 1.807) is 0 Å². The number of halogens is 1. The van der Waals surface area contributed by atoms with Crippen molar-refractivity contribution in [3.05, 3.63) is 23.7 Å². The monoisotopic (exact) mass is 293 g/mol. The van der Waals surface area contributed by atoms with Crippen LogP contribution in [0.3, 0.4) is 0 Å². The second kappa shape index (κ2) is 5.34. The molecule has 2 heterocycles. The lowest BCUT2D eigenvalue weighted by atomic mass is 9.88. The lowest BCUT2D eigenvalue weighted by molar-refractivity contribution is -0.0194. The summed E-state index contributed by atoms with van der Waals surface area (Å²) < 4.78 is 7.87. The Labute approximate surface area is 124 Å². The number of ether oxygens (including phenoxy) is 1. The lowest BCUT2D eigenvalue weighted by Gasteiger charge is -2.36. The third-order valence-corrected chi connectivity index (χ3v) is 4.09. The minimum atomic E-state index is -0.115. The Morgan fingerprint density at radius 1 is 1.40 bits per heavy atom. The van der Waals surface area contributed by atoms with E-state index >= 15 is 0 Å². The van der Waals surface area contributed by atoms with E-state index in [9.17, 15) is 0 Å². The number of rotatable bonds is 4. The van der Waals surface area contributed by atoms with Crippen LogP contribution in [-0.4, -0.2) is 27.2 Å². The molecule has 4 nitrogen and oxygen atoms in total. The fourth-order valence-corrected chi connectivity index (χ4v) is 3.00. The van der Waals surface area contributed by atoms with E-state index in [0.29, 0.717) is 12.1 Å². The molecule has 0 bridgehead atoms. The van der Waals surface area contributed by atoms with Crippen molar-refractivity contribution in [2.45, 2.75) is 51.1 Å². The highest BCUT2D eigenvalue weighted by Crippen LogP contribution is 2.39. The number of nitrogens with zero attached hydrogens (tertiary/aromatic N) is 3. The third-order valence-electron chi connectivity index (χ3n) is 3.90. The molecule has 20 heavy (non-hydrogen) atoms. The van der Waals surface area contributed by atoms with Gasteiger partial charge >= 0.3 is 0 Å². The van der Waals surface area contributed by atoms with Gasteiger partial charge in [0, 0.05) is 18.3 Å². The molecular weight excluding hydrogens is 274 g/mol. The molecule has 0 N–H and O–H groups in total. The maximum Gasteiger partial charge on any atom is 0.160 e. The molecule has 1 fully saturated rings. The van der Waals surface area contributed by atoms with Gasteiger partial charge in [0.1, 0.15) is 11.3 Å². The zero-order valence-electron chi connectivity index (χ0n) is 12.1. The van der Waals surface area contributed by atoms with Crippen LogP contribution in [0.2, 0.25) is 0 Å². The van der Waals surface area contributed by atoms with Gasteiger partial charge in [-0.05, 0) is 45.7 Å². The molecule has 0 saturated heterocycles. The molecule has 0 amide bonds. The summed E-state index contributed by atoms with van der Waals surface area (Å²) in [6.07, 6.45) is 2.41. The first-order valence-electron chi connectivity index (χ1n) is 7.21. The fourth-order valence-electron chi connectivity index (χ4n) is 2.85. The summed E-state index contributed by atoms with van der Waals surface area (Å²) in [5, 5.41) is -0.115. The quantitative estimate of drug-likeness (QED) is 0.806. The van der Waals surface area contributed by atoms with Crippen LogP contribution >= 0.6 is 11.6 Å². The van der Waals surface area contributed by atoms with Crippen LogP contribution in [0.5, 0.6) is 0 Å². The van der Waals surface area contributed by atoms with Gasteiger partial charge in [-0.3, -0.25) is 0 Å². The van der Waals surface area contributed by atoms with Gasteiger partial charge in [-0.1, -0.05) is 0 Å². The van der Waals surface area contributed by atoms with Crippen LogP contribution in [0, 0.1) is 6.92 Å². The highest BCUT2D eigenvalue weighted by atomic mass is 35.5. The predicted molar refractivity (Wildman–Crippen MR) is 80.2 cm³/mol. The van der Waals surface area contributed by atoms with E-state index in [1.165, 1.54) is 0 Å². The van der Waals surface area contributed by atoms with Gasteiger partial charge in [0.05, 0.1) is 11.5 Å². The normalized spacial score (nSPS) is 23.8. The molecule has 1 aliphatic carbocycles. The Bertz CT molecular complexity index is 617. The van der Waals surface area contributed by atoms with Gasteiger partial charge in [-0.15, -0.1) is 11.6 Å². The third kappa shape index (κ3) is 2.31. The van der Waals surface area contributed by atoms with Crippen molar-refractivity contribution in [3.8, 4) is 0 Å². The van der Waals surface area contributed by atoms with Crippen LogP contribution in [0.4, 0.5) is 0 Å². The van der Waals surface area contributed by atoms with Crippen molar-refractivity contribution in [2.24, 2.45) is 0 Å². The number of aromatic nitrogens is 3. The number of hydrogen-bond donors (Lipinski definition) is 0. The Kier molecular flexibility index (Phi) is 3.69. The zero-order chi connectivity index (χ0) is 14.3. The summed E-state index contributed by atoms with van der Waals surface area (Å²) in [4.78, 5) is 9.31. The summed E-state index contributed by atoms with van der Waals surface area (Å²) in [5.74, 6) is 0.916. The molecule has 0 radical (unpaired) electrons. The first-order chi connectivity index (χ1) is 9.60. The van der Waals surface area contributed by atoms with Gasteiger partial charge in [0.25, 0.3) is 0 Å². The average molecular weight is 294 g/mol. The van der Waals surface area contributed by atoms with E-state index in [0.717, 1.165) is 42.1 Å². The Morgan fingerprint density at radius 3 is 2.80 bits per heavy atom. The van der Waals surface area contributed by atoms with Crippen molar-refractivity contribution < 1.29 is 4.74 Å². The molecule has 1 atom stereocenters. The molecule has 1 saturated carbocycles. The molecule has 3 rings (SSSR count). The van der Waals surface area contributed by atoms with E-state index in [2.05, 4.69) is 14.5 Å². The van der Waals surface area contributed by atoms with E-state index in [-0.39, 0.29) is 5.38 Å². The number of pyridine rings is 1. The van der Waals surface area contributed by atoms with E-state index in [1.807, 2.05) is 32.9 Å². The van der Waals surface area contributed by atoms with Gasteiger partial charge in [0.2, 0.25) is 0 Å². The maximum absolute atomic E-state index is 6.30. The molecule has 0 aliphatic heterocycles. The van der Waals surface area contributed by atoms with Crippen molar-refractivity contribution in [1.82, 2.24) is 14.5 Å². The first-order valence-corrected chi connectivity index (χ1v) is 7.65. The van der Waals surface area contributed by atoms with Crippen LogP contribution in [0.25, 0.3) is 11.2 Å². The van der Waals surface area contributed by atoms with Crippen LogP contribution in [0.1, 0.15) is 49.6 Å². The second-order valence-corrected chi connectivity index (χ2v) is 6.11. The first kappa shape index (κ1) is 13.8. The predicted octanol–water partition coefficient (Wildman–Crippen LogP) is 3.78. The standard InChI is InChI=1S/C15H20ClN3O/c1-4-20-12-7-11(8-12)19-14(10(3)16)18-13-6-5-9(2)17-15(13)19/h5-6,10-12H,4,7-8H2,1-3H3. The molecular formula is C15H20ClN3O. The summed E-state index contributed by atoms with van der Waals surface area (Å²) in [6, 6.07) is 4.42. The Hall–Kier alpha value is -1.13. The molecule has 1 aliphatic rings. The SMILES string of the molecule is CCOC1CC(n2c(C(C)Cl)nc3ccc(C)nc32)C1. The van der Waals surface area contributed by atoms with Gasteiger partial charge < -0.3 is 9.30 Å². The second-order valence-electron chi connectivity index (χ2n) is 5.45. The Balaban J connectivity index is 1.99. The lowest BCUT2D eigenvalue weighted by Crippen LogP contribution is -2.34. The minimum absolute atomic E-state index is 0.115. The summed E-state index contributed by atoms with van der Waals surface area (Å²) >= 11 is 6.30. The van der Waals surface area contributed by atoms with Gasteiger partial charge in [-0.25, -0.2) is 9.97 Å². The van der Waals surface area contributed by atoms with Crippen molar-refractivity contribution in [3.63, 3.8) is 0 Å². The Morgan fingerprint density at radius 2 is 2.15 bits per heavy atom. The molecule has 108 valence electrons. The largest absolute Gasteiger partial charge is 0.378 e. The van der Waals surface area contributed by atoms with Crippen LogP contribution in [-0.2, 0) is 4.74 Å². The topological polar surface area (TPSA) is 39.9 Å². The van der Waals surface area contributed by atoms with Gasteiger partial charge in [-0.2, -0.15) is 0 Å². The van der Waals surface area contributed by atoms with Crippen LogP contribution < -0.4 is 0 Å².